The molecule has 0 saturated carbocycles. The van der Waals surface area contributed by atoms with Crippen LogP contribution in [0.2, 0.25) is 0 Å². The summed E-state index contributed by atoms with van der Waals surface area (Å²) in [6.45, 7) is 0. The molecule has 1 heterocycles. The molecule has 1 aromatic heterocycles. The summed E-state index contributed by atoms with van der Waals surface area (Å²) in [4.78, 5) is 0. The standard InChI is InChI=1S/C12H11BrFNO/c13-10-7-9(14)4-3-8(10)6-11(15)12-2-1-5-16-12/h1-5,7,11H,6,15H2. The third-order valence-corrected chi connectivity index (χ3v) is 3.10. The lowest BCUT2D eigenvalue weighted by Crippen LogP contribution is -2.12. The fourth-order valence-electron chi connectivity index (χ4n) is 1.53. The van der Waals surface area contributed by atoms with Crippen LogP contribution < -0.4 is 5.73 Å². The molecule has 0 fully saturated rings. The maximum atomic E-state index is 12.9. The highest BCUT2D eigenvalue weighted by molar-refractivity contribution is 9.10. The van der Waals surface area contributed by atoms with Crippen molar-refractivity contribution in [2.75, 3.05) is 0 Å². The molecular formula is C12H11BrFNO. The van der Waals surface area contributed by atoms with Crippen molar-refractivity contribution in [1.29, 1.82) is 0 Å². The van der Waals surface area contributed by atoms with Gasteiger partial charge in [-0.3, -0.25) is 0 Å². The lowest BCUT2D eigenvalue weighted by Gasteiger charge is -2.10. The summed E-state index contributed by atoms with van der Waals surface area (Å²) in [5.41, 5.74) is 6.93. The second-order valence-corrected chi connectivity index (χ2v) is 4.42. The first-order chi connectivity index (χ1) is 7.66. The summed E-state index contributed by atoms with van der Waals surface area (Å²) < 4.78 is 18.8. The van der Waals surface area contributed by atoms with Gasteiger partial charge in [-0.25, -0.2) is 4.39 Å². The minimum atomic E-state index is -0.262. The number of hydrogen-bond donors (Lipinski definition) is 1. The Hall–Kier alpha value is -1.13. The predicted molar refractivity (Wildman–Crippen MR) is 63.4 cm³/mol. The van der Waals surface area contributed by atoms with E-state index in [1.54, 1.807) is 18.4 Å². The highest BCUT2D eigenvalue weighted by atomic mass is 79.9. The minimum absolute atomic E-state index is 0.211. The number of halogens is 2. The van der Waals surface area contributed by atoms with Gasteiger partial charge in [0.05, 0.1) is 12.3 Å². The number of hydrogen-bond acceptors (Lipinski definition) is 2. The zero-order chi connectivity index (χ0) is 11.5. The summed E-state index contributed by atoms with van der Waals surface area (Å²) in [7, 11) is 0. The van der Waals surface area contributed by atoms with E-state index < -0.39 is 0 Å². The third-order valence-electron chi connectivity index (χ3n) is 2.36. The maximum Gasteiger partial charge on any atom is 0.124 e. The molecule has 2 nitrogen and oxygen atoms in total. The SMILES string of the molecule is NC(Cc1ccc(F)cc1Br)c1ccco1. The Morgan fingerprint density at radius 1 is 1.38 bits per heavy atom. The molecule has 1 atom stereocenters. The van der Waals surface area contributed by atoms with E-state index in [0.717, 1.165) is 15.8 Å². The van der Waals surface area contributed by atoms with Gasteiger partial charge in [0, 0.05) is 4.47 Å². The molecule has 1 aromatic carbocycles. The lowest BCUT2D eigenvalue weighted by molar-refractivity contribution is 0.464. The first-order valence-electron chi connectivity index (χ1n) is 4.89. The van der Waals surface area contributed by atoms with E-state index in [9.17, 15) is 4.39 Å². The fraction of sp³-hybridized carbons (Fsp3) is 0.167. The first-order valence-corrected chi connectivity index (χ1v) is 5.69. The monoisotopic (exact) mass is 283 g/mol. The van der Waals surface area contributed by atoms with Gasteiger partial charge in [-0.05, 0) is 36.2 Å². The summed E-state index contributed by atoms with van der Waals surface area (Å²) in [5, 5.41) is 0. The highest BCUT2D eigenvalue weighted by Crippen LogP contribution is 2.23. The summed E-state index contributed by atoms with van der Waals surface area (Å²) in [6, 6.07) is 8.01. The Labute approximate surface area is 101 Å². The Morgan fingerprint density at radius 3 is 2.81 bits per heavy atom. The van der Waals surface area contributed by atoms with Crippen LogP contribution in [0.25, 0.3) is 0 Å². The Balaban J connectivity index is 2.15. The topological polar surface area (TPSA) is 39.2 Å². The maximum absolute atomic E-state index is 12.9. The van der Waals surface area contributed by atoms with Gasteiger partial charge in [0.25, 0.3) is 0 Å². The molecule has 0 bridgehead atoms. The van der Waals surface area contributed by atoms with Gasteiger partial charge in [-0.1, -0.05) is 22.0 Å². The van der Waals surface area contributed by atoms with Gasteiger partial charge in [0.2, 0.25) is 0 Å². The highest BCUT2D eigenvalue weighted by Gasteiger charge is 2.11. The first kappa shape index (κ1) is 11.4. The molecule has 1 unspecified atom stereocenters. The quantitative estimate of drug-likeness (QED) is 0.938. The molecule has 0 aliphatic heterocycles. The molecule has 16 heavy (non-hydrogen) atoms. The smallest absolute Gasteiger partial charge is 0.124 e. The van der Waals surface area contributed by atoms with E-state index in [-0.39, 0.29) is 11.9 Å². The average molecular weight is 284 g/mol. The van der Waals surface area contributed by atoms with E-state index in [1.165, 1.54) is 12.1 Å². The molecule has 0 amide bonds. The molecule has 0 aliphatic rings. The normalized spacial score (nSPS) is 12.7. The van der Waals surface area contributed by atoms with Crippen LogP contribution in [0.15, 0.2) is 45.5 Å². The molecule has 2 N–H and O–H groups in total. The second kappa shape index (κ2) is 4.80. The molecule has 0 saturated heterocycles. The van der Waals surface area contributed by atoms with Gasteiger partial charge in [0.1, 0.15) is 11.6 Å². The van der Waals surface area contributed by atoms with Crippen LogP contribution in [-0.2, 0) is 6.42 Å². The van der Waals surface area contributed by atoms with Crippen LogP contribution >= 0.6 is 15.9 Å². The number of rotatable bonds is 3. The van der Waals surface area contributed by atoms with Gasteiger partial charge in [-0.15, -0.1) is 0 Å². The molecular weight excluding hydrogens is 273 g/mol. The van der Waals surface area contributed by atoms with E-state index >= 15 is 0 Å². The van der Waals surface area contributed by atoms with Gasteiger partial charge >= 0.3 is 0 Å². The molecule has 0 aliphatic carbocycles. The van der Waals surface area contributed by atoms with Gasteiger partial charge in [0.15, 0.2) is 0 Å². The van der Waals surface area contributed by atoms with Crippen molar-refractivity contribution in [3.63, 3.8) is 0 Å². The van der Waals surface area contributed by atoms with Crippen molar-refractivity contribution < 1.29 is 8.81 Å². The van der Waals surface area contributed by atoms with Crippen LogP contribution in [0.5, 0.6) is 0 Å². The molecule has 84 valence electrons. The van der Waals surface area contributed by atoms with Crippen molar-refractivity contribution in [3.05, 3.63) is 58.2 Å². The average Bonchev–Trinajstić information content (AvgIpc) is 2.75. The number of benzene rings is 1. The van der Waals surface area contributed by atoms with Crippen LogP contribution in [0, 0.1) is 5.82 Å². The largest absolute Gasteiger partial charge is 0.468 e. The van der Waals surface area contributed by atoms with E-state index in [1.807, 2.05) is 6.07 Å². The van der Waals surface area contributed by atoms with Crippen LogP contribution in [0.3, 0.4) is 0 Å². The Kier molecular flexibility index (Phi) is 3.41. The van der Waals surface area contributed by atoms with E-state index in [2.05, 4.69) is 15.9 Å². The summed E-state index contributed by atoms with van der Waals surface area (Å²) in [6.07, 6.45) is 2.20. The van der Waals surface area contributed by atoms with Gasteiger partial charge in [-0.2, -0.15) is 0 Å². The van der Waals surface area contributed by atoms with Crippen molar-refractivity contribution >= 4 is 15.9 Å². The third kappa shape index (κ3) is 2.51. The zero-order valence-electron chi connectivity index (χ0n) is 8.49. The van der Waals surface area contributed by atoms with Gasteiger partial charge < -0.3 is 10.2 Å². The Morgan fingerprint density at radius 2 is 2.19 bits per heavy atom. The minimum Gasteiger partial charge on any atom is -0.468 e. The molecule has 0 radical (unpaired) electrons. The predicted octanol–water partition coefficient (Wildman–Crippen LogP) is 3.42. The molecule has 2 aromatic rings. The zero-order valence-corrected chi connectivity index (χ0v) is 10.1. The molecule has 4 heteroatoms. The van der Waals surface area contributed by atoms with E-state index in [0.29, 0.717) is 6.42 Å². The lowest BCUT2D eigenvalue weighted by atomic mass is 10.0. The second-order valence-electron chi connectivity index (χ2n) is 3.56. The van der Waals surface area contributed by atoms with E-state index in [4.69, 9.17) is 10.2 Å². The summed E-state index contributed by atoms with van der Waals surface area (Å²) >= 11 is 3.31. The van der Waals surface area contributed by atoms with Crippen molar-refractivity contribution in [1.82, 2.24) is 0 Å². The van der Waals surface area contributed by atoms with Crippen molar-refractivity contribution in [2.45, 2.75) is 12.5 Å². The number of furan rings is 1. The molecule has 0 spiro atoms. The van der Waals surface area contributed by atoms with Crippen LogP contribution in [0.4, 0.5) is 4.39 Å². The van der Waals surface area contributed by atoms with Crippen molar-refractivity contribution in [3.8, 4) is 0 Å². The van der Waals surface area contributed by atoms with Crippen LogP contribution in [-0.4, -0.2) is 0 Å². The summed E-state index contributed by atoms with van der Waals surface area (Å²) in [5.74, 6) is 0.471. The molecule has 2 rings (SSSR count). The fourth-order valence-corrected chi connectivity index (χ4v) is 2.04. The van der Waals surface area contributed by atoms with Crippen LogP contribution in [0.1, 0.15) is 17.4 Å². The Bertz CT molecular complexity index is 470. The number of nitrogens with two attached hydrogens (primary N) is 1. The van der Waals surface area contributed by atoms with Crippen molar-refractivity contribution in [2.24, 2.45) is 5.73 Å².